The van der Waals surface area contributed by atoms with Gasteiger partial charge in [-0.2, -0.15) is 13.2 Å². The van der Waals surface area contributed by atoms with E-state index < -0.39 is 23.6 Å². The van der Waals surface area contributed by atoms with Crippen LogP contribution in [-0.2, 0) is 23.8 Å². The predicted molar refractivity (Wildman–Crippen MR) is 144 cm³/mol. The summed E-state index contributed by atoms with van der Waals surface area (Å²) in [7, 11) is 0. The first-order valence-electron chi connectivity index (χ1n) is 12.1. The number of alkyl halides is 3. The third-order valence-electron chi connectivity index (χ3n) is 6.62. The predicted octanol–water partition coefficient (Wildman–Crippen LogP) is 7.84. The van der Waals surface area contributed by atoms with Gasteiger partial charge in [0.1, 0.15) is 10.8 Å². The number of nitrogens with one attached hydrogen (secondary N) is 2. The average Bonchev–Trinajstić information content (AvgIpc) is 3.19. The van der Waals surface area contributed by atoms with Gasteiger partial charge in [-0.1, -0.05) is 50.6 Å². The van der Waals surface area contributed by atoms with Gasteiger partial charge in [0.25, 0.3) is 11.8 Å². The third-order valence-corrected chi connectivity index (χ3v) is 8.02. The molecule has 0 saturated heterocycles. The maximum Gasteiger partial charge on any atom is 0.418 e. The van der Waals surface area contributed by atoms with E-state index in [-0.39, 0.29) is 23.3 Å². The van der Waals surface area contributed by atoms with Crippen LogP contribution in [0.5, 0.6) is 5.75 Å². The van der Waals surface area contributed by atoms with Crippen molar-refractivity contribution in [1.82, 2.24) is 0 Å². The Labute approximate surface area is 228 Å². The maximum atomic E-state index is 13.5. The highest BCUT2D eigenvalue weighted by Crippen LogP contribution is 2.45. The first-order valence-corrected chi connectivity index (χ1v) is 13.3. The second-order valence-electron chi connectivity index (χ2n) is 10.3. The molecule has 1 heterocycles. The zero-order chi connectivity index (χ0) is 27.7. The summed E-state index contributed by atoms with van der Waals surface area (Å²) in [4.78, 5) is 27.2. The van der Waals surface area contributed by atoms with Gasteiger partial charge in [0.15, 0.2) is 6.61 Å². The molecule has 0 aliphatic heterocycles. The van der Waals surface area contributed by atoms with Crippen molar-refractivity contribution in [1.29, 1.82) is 0 Å². The molecule has 2 N–H and O–H groups in total. The fraction of sp³-hybridized carbons (Fsp3) is 0.357. The summed E-state index contributed by atoms with van der Waals surface area (Å²) < 4.78 is 46.1. The fourth-order valence-corrected chi connectivity index (χ4v) is 6.07. The number of benzene rings is 2. The van der Waals surface area contributed by atoms with E-state index in [2.05, 4.69) is 31.4 Å². The second-order valence-corrected chi connectivity index (χ2v) is 11.8. The van der Waals surface area contributed by atoms with Crippen LogP contribution in [0.15, 0.2) is 48.5 Å². The van der Waals surface area contributed by atoms with Crippen molar-refractivity contribution < 1.29 is 27.5 Å². The number of rotatable bonds is 6. The molecule has 5 nitrogen and oxygen atoms in total. The Hall–Kier alpha value is -3.04. The molecule has 4 rings (SSSR count). The number of halogens is 4. The summed E-state index contributed by atoms with van der Waals surface area (Å²) in [6.07, 6.45) is -2.49. The van der Waals surface area contributed by atoms with Crippen LogP contribution in [0, 0.1) is 11.3 Å². The normalized spacial score (nSPS) is 15.5. The SMILES string of the molecule is CC(C)(C)C1CCc2c(sc(NC(=O)COc3cccc(Cl)c3)c2C(=O)Nc2ccccc2C(F)(F)F)C1. The number of hydrogen-bond acceptors (Lipinski definition) is 4. The topological polar surface area (TPSA) is 67.4 Å². The first kappa shape index (κ1) is 28.0. The largest absolute Gasteiger partial charge is 0.484 e. The number of carbonyl (C=O) groups is 2. The van der Waals surface area contributed by atoms with E-state index in [1.165, 1.54) is 29.5 Å². The highest BCUT2D eigenvalue weighted by atomic mass is 35.5. The quantitative estimate of drug-likeness (QED) is 0.320. The molecule has 1 atom stereocenters. The molecule has 202 valence electrons. The fourth-order valence-electron chi connectivity index (χ4n) is 4.55. The van der Waals surface area contributed by atoms with Crippen molar-refractivity contribution in [2.75, 3.05) is 17.2 Å². The van der Waals surface area contributed by atoms with Crippen molar-refractivity contribution in [3.63, 3.8) is 0 Å². The summed E-state index contributed by atoms with van der Waals surface area (Å²) in [5.74, 6) is -0.418. The molecule has 1 unspecified atom stereocenters. The van der Waals surface area contributed by atoms with Gasteiger partial charge in [-0.3, -0.25) is 9.59 Å². The molecule has 0 bridgehead atoms. The smallest absolute Gasteiger partial charge is 0.418 e. The molecule has 0 saturated carbocycles. The third kappa shape index (κ3) is 6.50. The van der Waals surface area contributed by atoms with Gasteiger partial charge in [-0.15, -0.1) is 11.3 Å². The van der Waals surface area contributed by atoms with Gasteiger partial charge in [-0.05, 0) is 66.5 Å². The van der Waals surface area contributed by atoms with Gasteiger partial charge in [-0.25, -0.2) is 0 Å². The van der Waals surface area contributed by atoms with Crippen molar-refractivity contribution in [2.45, 2.75) is 46.2 Å². The number of anilines is 2. The molecule has 2 amide bonds. The van der Waals surface area contributed by atoms with Gasteiger partial charge >= 0.3 is 6.18 Å². The number of thiophene rings is 1. The van der Waals surface area contributed by atoms with Gasteiger partial charge in [0, 0.05) is 9.90 Å². The van der Waals surface area contributed by atoms with Crippen molar-refractivity contribution in [2.24, 2.45) is 11.3 Å². The highest BCUT2D eigenvalue weighted by molar-refractivity contribution is 7.17. The van der Waals surface area contributed by atoms with Gasteiger partial charge in [0.05, 0.1) is 16.8 Å². The van der Waals surface area contributed by atoms with Crippen LogP contribution >= 0.6 is 22.9 Å². The summed E-state index contributed by atoms with van der Waals surface area (Å²) in [6.45, 7) is 6.15. The minimum atomic E-state index is -4.63. The summed E-state index contributed by atoms with van der Waals surface area (Å²) in [5.41, 5.74) is -0.265. The lowest BCUT2D eigenvalue weighted by molar-refractivity contribution is -0.136. The lowest BCUT2D eigenvalue weighted by atomic mass is 9.72. The molecule has 0 radical (unpaired) electrons. The van der Waals surface area contributed by atoms with Crippen LogP contribution in [0.4, 0.5) is 23.9 Å². The van der Waals surface area contributed by atoms with Crippen LogP contribution in [-0.4, -0.2) is 18.4 Å². The molecule has 2 aromatic carbocycles. The van der Waals surface area contributed by atoms with Crippen LogP contribution in [0.25, 0.3) is 0 Å². The monoisotopic (exact) mass is 564 g/mol. The molecule has 38 heavy (non-hydrogen) atoms. The Balaban J connectivity index is 1.62. The maximum absolute atomic E-state index is 13.5. The number of ether oxygens (including phenoxy) is 1. The lowest BCUT2D eigenvalue weighted by Gasteiger charge is -2.33. The molecular formula is C28H28ClF3N2O3S. The number of para-hydroxylation sites is 1. The Kier molecular flexibility index (Phi) is 8.09. The van der Waals surface area contributed by atoms with E-state index in [0.717, 1.165) is 29.3 Å². The van der Waals surface area contributed by atoms with Crippen LogP contribution in [0.3, 0.4) is 0 Å². The number of fused-ring (bicyclic) bond motifs is 1. The van der Waals surface area contributed by atoms with Crippen molar-refractivity contribution in [3.8, 4) is 5.75 Å². The second kappa shape index (κ2) is 11.0. The Bertz CT molecular complexity index is 1350. The molecule has 1 aromatic heterocycles. The van der Waals surface area contributed by atoms with Gasteiger partial charge in [0.2, 0.25) is 0 Å². The van der Waals surface area contributed by atoms with E-state index in [1.807, 2.05) is 0 Å². The zero-order valence-electron chi connectivity index (χ0n) is 21.2. The average molecular weight is 565 g/mol. The van der Waals surface area contributed by atoms with Crippen LogP contribution in [0.2, 0.25) is 5.02 Å². The number of amides is 2. The highest BCUT2D eigenvalue weighted by Gasteiger charge is 2.36. The summed E-state index contributed by atoms with van der Waals surface area (Å²) in [6, 6.07) is 11.4. The first-order chi connectivity index (χ1) is 17.8. The minimum absolute atomic E-state index is 0.0456. The molecule has 0 spiro atoms. The van der Waals surface area contributed by atoms with E-state index in [0.29, 0.717) is 28.1 Å². The Morgan fingerprint density at radius 1 is 1.08 bits per heavy atom. The van der Waals surface area contributed by atoms with E-state index in [4.69, 9.17) is 16.3 Å². The summed E-state index contributed by atoms with van der Waals surface area (Å²) in [5, 5.41) is 5.95. The molecule has 1 aliphatic carbocycles. The van der Waals surface area contributed by atoms with Crippen molar-refractivity contribution >= 4 is 45.4 Å². The van der Waals surface area contributed by atoms with Crippen LogP contribution < -0.4 is 15.4 Å². The minimum Gasteiger partial charge on any atom is -0.484 e. The lowest BCUT2D eigenvalue weighted by Crippen LogP contribution is -2.27. The molecule has 1 aliphatic rings. The Morgan fingerprint density at radius 2 is 1.82 bits per heavy atom. The summed E-state index contributed by atoms with van der Waals surface area (Å²) >= 11 is 7.25. The van der Waals surface area contributed by atoms with Crippen LogP contribution in [0.1, 0.15) is 53.6 Å². The molecular weight excluding hydrogens is 537 g/mol. The standard InChI is InChI=1S/C28H28ClF3N2O3S/c1-27(2,3)16-11-12-19-22(13-16)38-26(34-23(35)15-37-18-8-6-7-17(29)14-18)24(19)25(36)33-21-10-5-4-9-20(21)28(30,31)32/h4-10,14,16H,11-13,15H2,1-3H3,(H,33,36)(H,34,35). The van der Waals surface area contributed by atoms with E-state index in [9.17, 15) is 22.8 Å². The molecule has 0 fully saturated rings. The van der Waals surface area contributed by atoms with E-state index in [1.54, 1.807) is 24.3 Å². The molecule has 3 aromatic rings. The number of hydrogen-bond donors (Lipinski definition) is 2. The zero-order valence-corrected chi connectivity index (χ0v) is 22.7. The van der Waals surface area contributed by atoms with Gasteiger partial charge < -0.3 is 15.4 Å². The molecule has 10 heteroatoms. The van der Waals surface area contributed by atoms with E-state index >= 15 is 0 Å². The Morgan fingerprint density at radius 3 is 2.50 bits per heavy atom. The van der Waals surface area contributed by atoms with Crippen molar-refractivity contribution in [3.05, 3.63) is 75.1 Å². The number of carbonyl (C=O) groups excluding carboxylic acids is 2.